The second kappa shape index (κ2) is 5.18. The molecule has 0 aliphatic rings. The van der Waals surface area contributed by atoms with Gasteiger partial charge in [0.15, 0.2) is 5.03 Å². The van der Waals surface area contributed by atoms with E-state index in [0.717, 1.165) is 0 Å². The Labute approximate surface area is 125 Å². The predicted octanol–water partition coefficient (Wildman–Crippen LogP) is -0.1000. The molecule has 3 rings (SSSR count). The van der Waals surface area contributed by atoms with Crippen LogP contribution in [0.2, 0.25) is 0 Å². The average Bonchev–Trinajstić information content (AvgIpc) is 3.06. The van der Waals surface area contributed by atoms with Crippen molar-refractivity contribution in [3.63, 3.8) is 0 Å². The standard InChI is InChI=1S/C11H12N8O2S/c1-8-6-15-18(2)9(8)22(20,21)17-11-14-7-16-19(11)10-12-4-3-5-13-10/h3-7H,1-2H3,(H,14,16,17). The van der Waals surface area contributed by atoms with Crippen molar-refractivity contribution < 1.29 is 8.42 Å². The Morgan fingerprint density at radius 1 is 1.14 bits per heavy atom. The van der Waals surface area contributed by atoms with Crippen LogP contribution in [0.1, 0.15) is 5.56 Å². The van der Waals surface area contributed by atoms with Gasteiger partial charge in [-0.3, -0.25) is 4.68 Å². The van der Waals surface area contributed by atoms with E-state index < -0.39 is 10.0 Å². The number of rotatable bonds is 4. The summed E-state index contributed by atoms with van der Waals surface area (Å²) < 4.78 is 29.8. The highest BCUT2D eigenvalue weighted by atomic mass is 32.2. The van der Waals surface area contributed by atoms with Gasteiger partial charge in [0.25, 0.3) is 16.0 Å². The predicted molar refractivity (Wildman–Crippen MR) is 75.7 cm³/mol. The highest BCUT2D eigenvalue weighted by Crippen LogP contribution is 2.17. The largest absolute Gasteiger partial charge is 0.281 e. The first-order valence-electron chi connectivity index (χ1n) is 6.18. The Hall–Kier alpha value is -2.82. The summed E-state index contributed by atoms with van der Waals surface area (Å²) in [4.78, 5) is 11.9. The van der Waals surface area contributed by atoms with Crippen molar-refractivity contribution in [3.05, 3.63) is 36.5 Å². The van der Waals surface area contributed by atoms with Gasteiger partial charge in [0.1, 0.15) is 6.33 Å². The van der Waals surface area contributed by atoms with Gasteiger partial charge in [0.05, 0.1) is 6.20 Å². The summed E-state index contributed by atoms with van der Waals surface area (Å²) in [5.74, 6) is 0.200. The number of anilines is 1. The van der Waals surface area contributed by atoms with Crippen molar-refractivity contribution in [1.29, 1.82) is 0 Å². The van der Waals surface area contributed by atoms with Crippen molar-refractivity contribution in [2.45, 2.75) is 11.9 Å². The topological polar surface area (TPSA) is 120 Å². The second-order valence-electron chi connectivity index (χ2n) is 4.41. The first-order valence-corrected chi connectivity index (χ1v) is 7.66. The van der Waals surface area contributed by atoms with E-state index in [0.29, 0.717) is 5.56 Å². The van der Waals surface area contributed by atoms with E-state index in [1.807, 2.05) is 0 Å². The molecule has 0 atom stereocenters. The van der Waals surface area contributed by atoms with Crippen molar-refractivity contribution in [2.24, 2.45) is 7.05 Å². The summed E-state index contributed by atoms with van der Waals surface area (Å²) in [6.07, 6.45) is 5.73. The zero-order valence-corrected chi connectivity index (χ0v) is 12.6. The number of hydrogen-bond donors (Lipinski definition) is 1. The molecule has 0 aromatic carbocycles. The minimum absolute atomic E-state index is 0.00759. The maximum atomic E-state index is 12.5. The van der Waals surface area contributed by atoms with E-state index in [9.17, 15) is 8.42 Å². The molecule has 0 spiro atoms. The molecule has 0 saturated carbocycles. The minimum Gasteiger partial charge on any atom is -0.255 e. The maximum absolute atomic E-state index is 12.5. The monoisotopic (exact) mass is 320 g/mol. The van der Waals surface area contributed by atoms with E-state index in [-0.39, 0.29) is 16.9 Å². The lowest BCUT2D eigenvalue weighted by Crippen LogP contribution is -2.20. The molecule has 3 heterocycles. The fourth-order valence-corrected chi connectivity index (χ4v) is 3.30. The van der Waals surface area contributed by atoms with Gasteiger partial charge < -0.3 is 0 Å². The number of aryl methyl sites for hydroxylation is 2. The second-order valence-corrected chi connectivity index (χ2v) is 6.00. The smallest absolute Gasteiger partial charge is 0.255 e. The normalized spacial score (nSPS) is 11.5. The summed E-state index contributed by atoms with van der Waals surface area (Å²) in [5.41, 5.74) is 0.525. The fraction of sp³-hybridized carbons (Fsp3) is 0.182. The molecular weight excluding hydrogens is 308 g/mol. The first-order chi connectivity index (χ1) is 10.5. The van der Waals surface area contributed by atoms with Gasteiger partial charge in [-0.15, -0.1) is 0 Å². The van der Waals surface area contributed by atoms with Crippen LogP contribution >= 0.6 is 0 Å². The molecule has 11 heteroatoms. The van der Waals surface area contributed by atoms with Crippen LogP contribution in [0.15, 0.2) is 36.0 Å². The molecule has 0 fully saturated rings. The van der Waals surface area contributed by atoms with Crippen LogP contribution in [0.4, 0.5) is 5.95 Å². The van der Waals surface area contributed by atoms with E-state index in [1.54, 1.807) is 20.0 Å². The summed E-state index contributed by atoms with van der Waals surface area (Å²) in [5, 5.41) is 7.90. The van der Waals surface area contributed by atoms with Crippen LogP contribution in [-0.2, 0) is 17.1 Å². The third kappa shape index (κ3) is 2.41. The fourth-order valence-electron chi connectivity index (χ4n) is 1.95. The molecule has 0 amide bonds. The van der Waals surface area contributed by atoms with Crippen LogP contribution in [0.25, 0.3) is 5.95 Å². The number of nitrogens with one attached hydrogen (secondary N) is 1. The Bertz CT molecular complexity index is 880. The zero-order chi connectivity index (χ0) is 15.7. The summed E-state index contributed by atoms with van der Waals surface area (Å²) in [6, 6.07) is 1.64. The Kier molecular flexibility index (Phi) is 3.33. The summed E-state index contributed by atoms with van der Waals surface area (Å²) in [7, 11) is -2.31. The van der Waals surface area contributed by atoms with Crippen LogP contribution in [0, 0.1) is 6.92 Å². The van der Waals surface area contributed by atoms with Gasteiger partial charge in [-0.05, 0) is 13.0 Å². The van der Waals surface area contributed by atoms with Gasteiger partial charge >= 0.3 is 0 Å². The molecule has 22 heavy (non-hydrogen) atoms. The molecule has 0 radical (unpaired) electrons. The molecule has 114 valence electrons. The molecule has 0 unspecified atom stereocenters. The molecular formula is C11H12N8O2S. The Morgan fingerprint density at radius 3 is 2.50 bits per heavy atom. The Balaban J connectivity index is 2.00. The summed E-state index contributed by atoms with van der Waals surface area (Å²) >= 11 is 0. The van der Waals surface area contributed by atoms with Gasteiger partial charge in [-0.1, -0.05) is 0 Å². The van der Waals surface area contributed by atoms with E-state index in [1.165, 1.54) is 34.3 Å². The first kappa shape index (κ1) is 14.1. The Morgan fingerprint density at radius 2 is 1.86 bits per heavy atom. The molecule has 0 saturated heterocycles. The van der Waals surface area contributed by atoms with Gasteiger partial charge in [0, 0.05) is 25.0 Å². The van der Waals surface area contributed by atoms with Gasteiger partial charge in [-0.2, -0.15) is 28.3 Å². The molecule has 1 N–H and O–H groups in total. The number of nitrogens with zero attached hydrogens (tertiary/aromatic N) is 7. The van der Waals surface area contributed by atoms with Gasteiger partial charge in [-0.25, -0.2) is 14.7 Å². The van der Waals surface area contributed by atoms with E-state index >= 15 is 0 Å². The maximum Gasteiger partial charge on any atom is 0.281 e. The van der Waals surface area contributed by atoms with Crippen LogP contribution in [-0.4, -0.2) is 42.9 Å². The lowest BCUT2D eigenvalue weighted by Gasteiger charge is -2.09. The average molecular weight is 320 g/mol. The lowest BCUT2D eigenvalue weighted by atomic mass is 10.4. The lowest BCUT2D eigenvalue weighted by molar-refractivity contribution is 0.580. The quantitative estimate of drug-likeness (QED) is 0.712. The van der Waals surface area contributed by atoms with Crippen LogP contribution in [0.5, 0.6) is 0 Å². The van der Waals surface area contributed by atoms with Crippen molar-refractivity contribution in [3.8, 4) is 5.95 Å². The molecule has 0 bridgehead atoms. The van der Waals surface area contributed by atoms with E-state index in [2.05, 4.69) is 29.9 Å². The van der Waals surface area contributed by atoms with E-state index in [4.69, 9.17) is 0 Å². The van der Waals surface area contributed by atoms with Crippen molar-refractivity contribution in [1.82, 2.24) is 34.5 Å². The van der Waals surface area contributed by atoms with Crippen LogP contribution < -0.4 is 4.72 Å². The molecule has 0 aliphatic heterocycles. The van der Waals surface area contributed by atoms with Gasteiger partial charge in [0.2, 0.25) is 5.95 Å². The molecule has 3 aromatic heterocycles. The number of aromatic nitrogens is 7. The number of hydrogen-bond acceptors (Lipinski definition) is 7. The SMILES string of the molecule is Cc1cnn(C)c1S(=O)(=O)Nc1ncnn1-c1ncccn1. The number of sulfonamides is 1. The minimum atomic E-state index is -3.86. The summed E-state index contributed by atoms with van der Waals surface area (Å²) in [6.45, 7) is 1.66. The third-order valence-electron chi connectivity index (χ3n) is 2.83. The molecule has 0 aliphatic carbocycles. The molecule has 3 aromatic rings. The zero-order valence-electron chi connectivity index (χ0n) is 11.7. The van der Waals surface area contributed by atoms with Crippen molar-refractivity contribution >= 4 is 16.0 Å². The van der Waals surface area contributed by atoms with Crippen molar-refractivity contribution in [2.75, 3.05) is 4.72 Å². The molecule has 10 nitrogen and oxygen atoms in total. The highest BCUT2D eigenvalue weighted by molar-refractivity contribution is 7.92. The highest BCUT2D eigenvalue weighted by Gasteiger charge is 2.24. The third-order valence-corrected chi connectivity index (χ3v) is 4.37. The van der Waals surface area contributed by atoms with Crippen LogP contribution in [0.3, 0.4) is 0 Å².